The molecule has 1 atom stereocenters. The van der Waals surface area contributed by atoms with E-state index in [9.17, 15) is 14.4 Å². The second-order valence-corrected chi connectivity index (χ2v) is 17.4. The van der Waals surface area contributed by atoms with Gasteiger partial charge in [-0.05, 0) is 103 Å². The third kappa shape index (κ3) is 48.3. The summed E-state index contributed by atoms with van der Waals surface area (Å²) in [5.74, 6) is -0.903. The van der Waals surface area contributed by atoms with Crippen molar-refractivity contribution in [3.8, 4) is 0 Å². The number of carbonyl (C=O) groups is 3. The van der Waals surface area contributed by atoms with Crippen LogP contribution in [-0.2, 0) is 28.6 Å². The van der Waals surface area contributed by atoms with Gasteiger partial charge in [0.05, 0.1) is 0 Å². The van der Waals surface area contributed by atoms with Crippen molar-refractivity contribution in [1.29, 1.82) is 0 Å². The van der Waals surface area contributed by atoms with Crippen LogP contribution in [0.3, 0.4) is 0 Å². The lowest BCUT2D eigenvalue weighted by molar-refractivity contribution is -0.167. The standard InChI is InChI=1S/C55H98O6/c1-4-7-10-13-16-19-22-25-27-30-32-35-38-41-44-47-53(56)59-50-52(61-55(58)49-46-43-40-37-34-29-24-21-18-15-12-9-6-3)51-60-54(57)48-45-42-39-36-33-31-28-26-23-20-17-14-11-8-5-2/h16,19-21,23-25,27,52H,4-15,17-18,22,26,28-51H2,1-3H3. The molecule has 0 N–H and O–H groups in total. The van der Waals surface area contributed by atoms with Gasteiger partial charge in [-0.2, -0.15) is 0 Å². The molecule has 6 nitrogen and oxygen atoms in total. The Labute approximate surface area is 378 Å². The van der Waals surface area contributed by atoms with E-state index in [0.29, 0.717) is 19.3 Å². The number of rotatable bonds is 47. The molecule has 6 heteroatoms. The van der Waals surface area contributed by atoms with E-state index in [1.54, 1.807) is 0 Å². The van der Waals surface area contributed by atoms with Crippen molar-refractivity contribution < 1.29 is 28.6 Å². The maximum Gasteiger partial charge on any atom is 0.306 e. The van der Waals surface area contributed by atoms with Crippen LogP contribution < -0.4 is 0 Å². The normalized spacial score (nSPS) is 12.4. The van der Waals surface area contributed by atoms with E-state index in [0.717, 1.165) is 89.9 Å². The second kappa shape index (κ2) is 50.0. The fourth-order valence-corrected chi connectivity index (χ4v) is 7.28. The van der Waals surface area contributed by atoms with Crippen LogP contribution in [0.1, 0.15) is 265 Å². The lowest BCUT2D eigenvalue weighted by Crippen LogP contribution is -2.30. The lowest BCUT2D eigenvalue weighted by atomic mass is 10.1. The predicted molar refractivity (Wildman–Crippen MR) is 261 cm³/mol. The summed E-state index contributed by atoms with van der Waals surface area (Å²) in [7, 11) is 0. The molecule has 61 heavy (non-hydrogen) atoms. The average Bonchev–Trinajstić information content (AvgIpc) is 3.26. The van der Waals surface area contributed by atoms with Crippen LogP contribution in [0.2, 0.25) is 0 Å². The smallest absolute Gasteiger partial charge is 0.306 e. The lowest BCUT2D eigenvalue weighted by Gasteiger charge is -2.18. The minimum atomic E-state index is -0.783. The maximum atomic E-state index is 12.8. The van der Waals surface area contributed by atoms with Gasteiger partial charge in [-0.25, -0.2) is 0 Å². The van der Waals surface area contributed by atoms with Crippen molar-refractivity contribution >= 4 is 17.9 Å². The van der Waals surface area contributed by atoms with E-state index in [1.165, 1.54) is 135 Å². The van der Waals surface area contributed by atoms with E-state index in [1.807, 2.05) is 0 Å². The van der Waals surface area contributed by atoms with E-state index >= 15 is 0 Å². The monoisotopic (exact) mass is 855 g/mol. The van der Waals surface area contributed by atoms with Gasteiger partial charge in [0.1, 0.15) is 13.2 Å². The van der Waals surface area contributed by atoms with Crippen LogP contribution in [-0.4, -0.2) is 37.2 Å². The molecule has 0 radical (unpaired) electrons. The summed E-state index contributed by atoms with van der Waals surface area (Å²) < 4.78 is 16.8. The molecule has 1 unspecified atom stereocenters. The number of carbonyl (C=O) groups excluding carboxylic acids is 3. The molecule has 0 bridgehead atoms. The van der Waals surface area contributed by atoms with Crippen molar-refractivity contribution in [3.63, 3.8) is 0 Å². The number of hydrogen-bond acceptors (Lipinski definition) is 6. The first-order chi connectivity index (χ1) is 30.0. The van der Waals surface area contributed by atoms with Crippen LogP contribution in [0, 0.1) is 0 Å². The summed E-state index contributed by atoms with van der Waals surface area (Å²) >= 11 is 0. The van der Waals surface area contributed by atoms with Crippen LogP contribution in [0.15, 0.2) is 48.6 Å². The summed E-state index contributed by atoms with van der Waals surface area (Å²) in [5, 5.41) is 0. The van der Waals surface area contributed by atoms with Gasteiger partial charge < -0.3 is 14.2 Å². The first-order valence-corrected chi connectivity index (χ1v) is 26.1. The number of hydrogen-bond donors (Lipinski definition) is 0. The zero-order valence-electron chi connectivity index (χ0n) is 40.4. The van der Waals surface area contributed by atoms with Crippen LogP contribution in [0.4, 0.5) is 0 Å². The zero-order valence-corrected chi connectivity index (χ0v) is 40.4. The fourth-order valence-electron chi connectivity index (χ4n) is 7.28. The summed E-state index contributed by atoms with van der Waals surface area (Å²) in [6, 6.07) is 0. The van der Waals surface area contributed by atoms with E-state index in [-0.39, 0.29) is 31.1 Å². The number of esters is 3. The van der Waals surface area contributed by atoms with Crippen LogP contribution >= 0.6 is 0 Å². The van der Waals surface area contributed by atoms with E-state index < -0.39 is 6.10 Å². The van der Waals surface area contributed by atoms with Crippen molar-refractivity contribution in [2.75, 3.05) is 13.2 Å². The van der Waals surface area contributed by atoms with Crippen molar-refractivity contribution in [3.05, 3.63) is 48.6 Å². The molecule has 0 fully saturated rings. The van der Waals surface area contributed by atoms with Crippen molar-refractivity contribution in [1.82, 2.24) is 0 Å². The Hall–Kier alpha value is -2.63. The quantitative estimate of drug-likeness (QED) is 0.0263. The van der Waals surface area contributed by atoms with Gasteiger partial charge >= 0.3 is 17.9 Å². The van der Waals surface area contributed by atoms with Crippen molar-refractivity contribution in [2.45, 2.75) is 271 Å². The Morgan fingerprint density at radius 2 is 0.590 bits per heavy atom. The van der Waals surface area contributed by atoms with Gasteiger partial charge in [0.2, 0.25) is 0 Å². The highest BCUT2D eigenvalue weighted by Crippen LogP contribution is 2.14. The second-order valence-electron chi connectivity index (χ2n) is 17.4. The molecular formula is C55H98O6. The Kier molecular flexibility index (Phi) is 47.9. The topological polar surface area (TPSA) is 78.9 Å². The molecule has 0 aliphatic rings. The van der Waals surface area contributed by atoms with Gasteiger partial charge in [-0.3, -0.25) is 14.4 Å². The Morgan fingerprint density at radius 3 is 0.951 bits per heavy atom. The van der Waals surface area contributed by atoms with Crippen LogP contribution in [0.5, 0.6) is 0 Å². The number of ether oxygens (including phenoxy) is 3. The van der Waals surface area contributed by atoms with Gasteiger partial charge in [-0.1, -0.05) is 191 Å². The van der Waals surface area contributed by atoms with Crippen LogP contribution in [0.25, 0.3) is 0 Å². The minimum absolute atomic E-state index is 0.0825. The summed E-state index contributed by atoms with van der Waals surface area (Å²) in [4.78, 5) is 38.0. The zero-order chi connectivity index (χ0) is 44.4. The molecule has 0 saturated carbocycles. The Balaban J connectivity index is 4.40. The number of unbranched alkanes of at least 4 members (excludes halogenated alkanes) is 28. The van der Waals surface area contributed by atoms with Crippen molar-refractivity contribution in [2.24, 2.45) is 0 Å². The number of allylic oxidation sites excluding steroid dienone is 8. The summed E-state index contributed by atoms with van der Waals surface area (Å²) in [6.45, 7) is 6.57. The van der Waals surface area contributed by atoms with Gasteiger partial charge in [0.15, 0.2) is 6.10 Å². The minimum Gasteiger partial charge on any atom is -0.462 e. The third-order valence-electron chi connectivity index (χ3n) is 11.3. The highest BCUT2D eigenvalue weighted by molar-refractivity contribution is 5.71. The fraction of sp³-hybridized carbons (Fsp3) is 0.800. The molecule has 0 aliphatic carbocycles. The summed E-state index contributed by atoms with van der Waals surface area (Å²) in [5.41, 5.74) is 0. The maximum absolute atomic E-state index is 12.8. The molecule has 0 spiro atoms. The average molecular weight is 855 g/mol. The highest BCUT2D eigenvalue weighted by Gasteiger charge is 2.19. The SMILES string of the molecule is CCCCCC=CCC=CCCCCCCCC(=O)OCC(COC(=O)CCCCCCCCCC=CCCCCCC)OC(=O)CCCCCCCC=CCCCCCC. The molecule has 0 heterocycles. The largest absolute Gasteiger partial charge is 0.462 e. The van der Waals surface area contributed by atoms with Gasteiger partial charge in [0, 0.05) is 19.3 Å². The molecule has 0 aromatic rings. The summed E-state index contributed by atoms with van der Waals surface area (Å²) in [6.07, 6.45) is 59.4. The molecule has 0 aromatic carbocycles. The molecule has 0 rings (SSSR count). The molecule has 0 aromatic heterocycles. The molecule has 0 saturated heterocycles. The third-order valence-corrected chi connectivity index (χ3v) is 11.3. The van der Waals surface area contributed by atoms with E-state index in [4.69, 9.17) is 14.2 Å². The molecular weight excluding hydrogens is 757 g/mol. The molecule has 354 valence electrons. The van der Waals surface area contributed by atoms with Gasteiger partial charge in [0.25, 0.3) is 0 Å². The molecule has 0 amide bonds. The first kappa shape index (κ1) is 58.4. The molecule has 0 aliphatic heterocycles. The first-order valence-electron chi connectivity index (χ1n) is 26.1. The highest BCUT2D eigenvalue weighted by atomic mass is 16.6. The Bertz CT molecular complexity index is 1070. The Morgan fingerprint density at radius 1 is 0.328 bits per heavy atom. The van der Waals surface area contributed by atoms with Gasteiger partial charge in [-0.15, -0.1) is 0 Å². The predicted octanol–water partition coefficient (Wildman–Crippen LogP) is 17.1. The van der Waals surface area contributed by atoms with E-state index in [2.05, 4.69) is 69.4 Å².